The van der Waals surface area contributed by atoms with E-state index in [1.807, 2.05) is 6.08 Å². The van der Waals surface area contributed by atoms with Crippen molar-refractivity contribution < 1.29 is 13.9 Å². The van der Waals surface area contributed by atoms with E-state index in [2.05, 4.69) is 17.7 Å². The average molecular weight is 314 g/mol. The minimum atomic E-state index is -0.661. The Labute approximate surface area is 136 Å². The predicted octanol–water partition coefficient (Wildman–Crippen LogP) is 6.14. The monoisotopic (exact) mass is 314 g/mol. The highest BCUT2D eigenvalue weighted by Gasteiger charge is 2.03. The average Bonchev–Trinajstić information content (AvgIpc) is 2.53. The summed E-state index contributed by atoms with van der Waals surface area (Å²) in [4.78, 5) is 10.9. The number of allylic oxidation sites excluding steroid dienone is 2. The summed E-state index contributed by atoms with van der Waals surface area (Å²) in [6, 6.07) is 0. The zero-order valence-corrected chi connectivity index (χ0v) is 14.6. The maximum absolute atomic E-state index is 13.6. The topological polar surface area (TPSA) is 26.3 Å². The van der Waals surface area contributed by atoms with Crippen LogP contribution in [0.4, 0.5) is 4.39 Å². The molecule has 3 heteroatoms. The molecule has 130 valence electrons. The van der Waals surface area contributed by atoms with Crippen LogP contribution in [0.15, 0.2) is 12.2 Å². The Morgan fingerprint density at radius 3 is 2.41 bits per heavy atom. The Balaban J connectivity index is 3.28. The summed E-state index contributed by atoms with van der Waals surface area (Å²) in [5.41, 5.74) is 0. The minimum Gasteiger partial charge on any atom is -0.469 e. The van der Waals surface area contributed by atoms with Crippen LogP contribution in [0.25, 0.3) is 0 Å². The maximum Gasteiger partial charge on any atom is 0.305 e. The SMILES string of the molecule is CCCCCC[C@@H](F)C/C=C\CCCCCCCC(=O)OC. The lowest BCUT2D eigenvalue weighted by molar-refractivity contribution is -0.140. The fourth-order valence-corrected chi connectivity index (χ4v) is 2.44. The number of methoxy groups -OCH3 is 1. The van der Waals surface area contributed by atoms with Crippen molar-refractivity contribution >= 4 is 5.97 Å². The minimum absolute atomic E-state index is 0.113. The van der Waals surface area contributed by atoms with Gasteiger partial charge in [-0.15, -0.1) is 0 Å². The van der Waals surface area contributed by atoms with Crippen molar-refractivity contribution in [2.24, 2.45) is 0 Å². The van der Waals surface area contributed by atoms with Crippen LogP contribution in [-0.4, -0.2) is 19.3 Å². The number of hydrogen-bond donors (Lipinski definition) is 0. The van der Waals surface area contributed by atoms with Crippen LogP contribution < -0.4 is 0 Å². The summed E-state index contributed by atoms with van der Waals surface area (Å²) < 4.78 is 18.1. The predicted molar refractivity (Wildman–Crippen MR) is 91.7 cm³/mol. The van der Waals surface area contributed by atoms with Crippen LogP contribution in [0.5, 0.6) is 0 Å². The van der Waals surface area contributed by atoms with Gasteiger partial charge in [-0.25, -0.2) is 4.39 Å². The van der Waals surface area contributed by atoms with Gasteiger partial charge in [-0.1, -0.05) is 64.0 Å². The lowest BCUT2D eigenvalue weighted by atomic mass is 10.1. The summed E-state index contributed by atoms with van der Waals surface area (Å²) in [6.07, 6.45) is 16.4. The number of hydrogen-bond acceptors (Lipinski definition) is 2. The number of esters is 1. The highest BCUT2D eigenvalue weighted by molar-refractivity contribution is 5.68. The van der Waals surface area contributed by atoms with E-state index >= 15 is 0 Å². The number of halogens is 1. The van der Waals surface area contributed by atoms with Gasteiger partial charge in [-0.2, -0.15) is 0 Å². The van der Waals surface area contributed by atoms with E-state index in [-0.39, 0.29) is 5.97 Å². The number of rotatable bonds is 15. The molecule has 0 unspecified atom stereocenters. The molecule has 0 aliphatic rings. The maximum atomic E-state index is 13.6. The van der Waals surface area contributed by atoms with Gasteiger partial charge in [0.05, 0.1) is 7.11 Å². The molecule has 22 heavy (non-hydrogen) atoms. The van der Waals surface area contributed by atoms with Crippen molar-refractivity contribution in [2.75, 3.05) is 7.11 Å². The third-order valence-corrected chi connectivity index (χ3v) is 3.91. The summed E-state index contributed by atoms with van der Waals surface area (Å²) in [5, 5.41) is 0. The number of alkyl halides is 1. The molecule has 2 nitrogen and oxygen atoms in total. The van der Waals surface area contributed by atoms with Gasteiger partial charge in [0.15, 0.2) is 0 Å². The molecule has 0 saturated heterocycles. The van der Waals surface area contributed by atoms with Crippen molar-refractivity contribution in [3.8, 4) is 0 Å². The van der Waals surface area contributed by atoms with E-state index in [0.717, 1.165) is 44.9 Å². The zero-order valence-electron chi connectivity index (χ0n) is 14.6. The molecular weight excluding hydrogens is 279 g/mol. The van der Waals surface area contributed by atoms with Crippen molar-refractivity contribution in [1.29, 1.82) is 0 Å². The van der Waals surface area contributed by atoms with E-state index in [4.69, 9.17) is 0 Å². The molecule has 0 aliphatic carbocycles. The molecule has 1 atom stereocenters. The summed E-state index contributed by atoms with van der Waals surface area (Å²) in [7, 11) is 1.43. The molecule has 0 spiro atoms. The Morgan fingerprint density at radius 2 is 1.68 bits per heavy atom. The van der Waals surface area contributed by atoms with E-state index in [1.165, 1.54) is 26.4 Å². The summed E-state index contributed by atoms with van der Waals surface area (Å²) in [5.74, 6) is -0.113. The quantitative estimate of drug-likeness (QED) is 0.206. The van der Waals surface area contributed by atoms with Gasteiger partial charge in [0.1, 0.15) is 6.17 Å². The highest BCUT2D eigenvalue weighted by Crippen LogP contribution is 2.12. The van der Waals surface area contributed by atoms with E-state index in [1.54, 1.807) is 0 Å². The van der Waals surface area contributed by atoms with Crippen LogP contribution in [0.2, 0.25) is 0 Å². The van der Waals surface area contributed by atoms with Crippen molar-refractivity contribution in [3.63, 3.8) is 0 Å². The third-order valence-electron chi connectivity index (χ3n) is 3.91. The van der Waals surface area contributed by atoms with E-state index in [9.17, 15) is 9.18 Å². The van der Waals surface area contributed by atoms with Gasteiger partial charge in [0.25, 0.3) is 0 Å². The van der Waals surface area contributed by atoms with Crippen molar-refractivity contribution in [2.45, 2.75) is 96.6 Å². The van der Waals surface area contributed by atoms with Gasteiger partial charge in [0.2, 0.25) is 0 Å². The molecule has 0 rings (SSSR count). The first-order chi connectivity index (χ1) is 10.7. The number of ether oxygens (including phenoxy) is 1. The van der Waals surface area contributed by atoms with Crippen LogP contribution >= 0.6 is 0 Å². The Hall–Kier alpha value is -0.860. The Kier molecular flexibility index (Phi) is 15.9. The molecule has 0 aromatic rings. The largest absolute Gasteiger partial charge is 0.469 e. The first kappa shape index (κ1) is 21.1. The van der Waals surface area contributed by atoms with Crippen molar-refractivity contribution in [1.82, 2.24) is 0 Å². The molecule has 0 aromatic carbocycles. The second kappa shape index (κ2) is 16.5. The first-order valence-electron chi connectivity index (χ1n) is 9.06. The van der Waals surface area contributed by atoms with Gasteiger partial charge in [-0.3, -0.25) is 4.79 Å². The lowest BCUT2D eigenvalue weighted by Gasteiger charge is -2.04. The van der Waals surface area contributed by atoms with Gasteiger partial charge in [-0.05, 0) is 32.1 Å². The van der Waals surface area contributed by atoms with Crippen LogP contribution in [0.1, 0.15) is 90.4 Å². The number of unbranched alkanes of at least 4 members (excludes halogenated alkanes) is 8. The third kappa shape index (κ3) is 15.5. The Morgan fingerprint density at radius 1 is 1.00 bits per heavy atom. The van der Waals surface area contributed by atoms with E-state index in [0.29, 0.717) is 19.3 Å². The van der Waals surface area contributed by atoms with Gasteiger partial charge < -0.3 is 4.74 Å². The summed E-state index contributed by atoms with van der Waals surface area (Å²) >= 11 is 0. The molecule has 0 N–H and O–H groups in total. The highest BCUT2D eigenvalue weighted by atomic mass is 19.1. The van der Waals surface area contributed by atoms with Gasteiger partial charge >= 0.3 is 5.97 Å². The van der Waals surface area contributed by atoms with E-state index < -0.39 is 6.17 Å². The lowest BCUT2D eigenvalue weighted by Crippen LogP contribution is -1.99. The molecule has 0 aliphatic heterocycles. The second-order valence-corrected chi connectivity index (χ2v) is 6.04. The summed E-state index contributed by atoms with van der Waals surface area (Å²) in [6.45, 7) is 2.18. The van der Waals surface area contributed by atoms with Crippen LogP contribution in [0, 0.1) is 0 Å². The molecule has 0 radical (unpaired) electrons. The van der Waals surface area contributed by atoms with Crippen LogP contribution in [-0.2, 0) is 9.53 Å². The molecule has 0 fully saturated rings. The normalized spacial score (nSPS) is 12.7. The molecular formula is C19H35FO2. The van der Waals surface area contributed by atoms with Crippen molar-refractivity contribution in [3.05, 3.63) is 12.2 Å². The standard InChI is InChI=1S/C19H35FO2/c1-3-4-5-12-15-18(20)16-13-10-8-6-7-9-11-14-17-19(21)22-2/h10,13,18H,3-9,11-12,14-17H2,1-2H3/b13-10-/t18-/m1/s1. The van der Waals surface area contributed by atoms with Gasteiger partial charge in [0, 0.05) is 6.42 Å². The Bertz CT molecular complexity index is 277. The fraction of sp³-hybridized carbons (Fsp3) is 0.842. The molecule has 0 heterocycles. The number of carbonyl (C=O) groups is 1. The smallest absolute Gasteiger partial charge is 0.305 e. The molecule has 0 bridgehead atoms. The van der Waals surface area contributed by atoms with Crippen LogP contribution in [0.3, 0.4) is 0 Å². The second-order valence-electron chi connectivity index (χ2n) is 6.04. The molecule has 0 amide bonds. The number of carbonyl (C=O) groups excluding carboxylic acids is 1. The first-order valence-corrected chi connectivity index (χ1v) is 9.06. The molecule has 0 saturated carbocycles. The molecule has 0 aromatic heterocycles. The zero-order chi connectivity index (χ0) is 16.5. The fourth-order valence-electron chi connectivity index (χ4n) is 2.44.